The molecule has 1 heterocycles. The Hall–Kier alpha value is -2.46. The van der Waals surface area contributed by atoms with Crippen molar-refractivity contribution in [1.29, 1.82) is 5.26 Å². The standard InChI is InChI=1S/C13H8BrN3O3/c1-7(18)10-6-16-13(20)17(12(10)19)11-4-9(14)3-2-8(11)5-15/h2-4,6H,1H3,(H,16,20). The highest BCUT2D eigenvalue weighted by molar-refractivity contribution is 9.10. The average molecular weight is 334 g/mol. The van der Waals surface area contributed by atoms with Crippen LogP contribution in [0.5, 0.6) is 0 Å². The molecule has 0 radical (unpaired) electrons. The molecule has 0 aliphatic carbocycles. The van der Waals surface area contributed by atoms with Crippen molar-refractivity contribution in [1.82, 2.24) is 9.55 Å². The maximum absolute atomic E-state index is 12.2. The van der Waals surface area contributed by atoms with Crippen LogP contribution in [-0.4, -0.2) is 15.3 Å². The highest BCUT2D eigenvalue weighted by atomic mass is 79.9. The summed E-state index contributed by atoms with van der Waals surface area (Å²) in [7, 11) is 0. The molecule has 1 aromatic carbocycles. The van der Waals surface area contributed by atoms with E-state index < -0.39 is 17.0 Å². The van der Waals surface area contributed by atoms with Gasteiger partial charge in [-0.05, 0) is 25.1 Å². The molecular weight excluding hydrogens is 326 g/mol. The lowest BCUT2D eigenvalue weighted by Gasteiger charge is -2.08. The minimum Gasteiger partial charge on any atom is -0.313 e. The van der Waals surface area contributed by atoms with Crippen LogP contribution in [0.15, 0.2) is 38.5 Å². The fourth-order valence-electron chi connectivity index (χ4n) is 1.73. The van der Waals surface area contributed by atoms with Gasteiger partial charge in [-0.25, -0.2) is 9.36 Å². The van der Waals surface area contributed by atoms with Gasteiger partial charge in [-0.2, -0.15) is 5.26 Å². The number of carbonyl (C=O) groups is 1. The smallest absolute Gasteiger partial charge is 0.313 e. The Morgan fingerprint density at radius 1 is 1.40 bits per heavy atom. The zero-order valence-corrected chi connectivity index (χ0v) is 11.9. The van der Waals surface area contributed by atoms with Gasteiger partial charge in [-0.1, -0.05) is 15.9 Å². The van der Waals surface area contributed by atoms with Crippen molar-refractivity contribution >= 4 is 21.7 Å². The highest BCUT2D eigenvalue weighted by Crippen LogP contribution is 2.17. The minimum atomic E-state index is -0.754. The predicted molar refractivity (Wildman–Crippen MR) is 75.1 cm³/mol. The van der Waals surface area contributed by atoms with E-state index in [1.165, 1.54) is 19.1 Å². The minimum absolute atomic E-state index is 0.122. The summed E-state index contributed by atoms with van der Waals surface area (Å²) in [5, 5.41) is 9.07. The largest absolute Gasteiger partial charge is 0.333 e. The van der Waals surface area contributed by atoms with Crippen molar-refractivity contribution in [2.45, 2.75) is 6.92 Å². The van der Waals surface area contributed by atoms with Gasteiger partial charge in [0.2, 0.25) is 0 Å². The molecule has 0 aliphatic rings. The molecule has 0 aliphatic heterocycles. The first-order valence-corrected chi connectivity index (χ1v) is 6.30. The number of nitriles is 1. The summed E-state index contributed by atoms with van der Waals surface area (Å²) in [6.45, 7) is 1.23. The number of nitrogens with one attached hydrogen (secondary N) is 1. The molecule has 0 spiro atoms. The van der Waals surface area contributed by atoms with Crippen molar-refractivity contribution in [2.24, 2.45) is 0 Å². The van der Waals surface area contributed by atoms with Crippen molar-refractivity contribution in [3.8, 4) is 11.8 Å². The molecular formula is C13H8BrN3O3. The van der Waals surface area contributed by atoms with E-state index in [1.807, 2.05) is 6.07 Å². The van der Waals surface area contributed by atoms with Gasteiger partial charge in [0.1, 0.15) is 6.07 Å². The number of halogens is 1. The van der Waals surface area contributed by atoms with E-state index in [1.54, 1.807) is 6.07 Å². The molecule has 6 nitrogen and oxygen atoms in total. The van der Waals surface area contributed by atoms with Crippen LogP contribution < -0.4 is 11.2 Å². The monoisotopic (exact) mass is 333 g/mol. The summed E-state index contributed by atoms with van der Waals surface area (Å²) >= 11 is 3.22. The van der Waals surface area contributed by atoms with Gasteiger partial charge in [0.05, 0.1) is 16.8 Å². The van der Waals surface area contributed by atoms with Gasteiger partial charge in [0.15, 0.2) is 5.78 Å². The predicted octanol–water partition coefficient (Wildman–Crippen LogP) is 1.36. The fourth-order valence-corrected chi connectivity index (χ4v) is 2.08. The quantitative estimate of drug-likeness (QED) is 0.839. The van der Waals surface area contributed by atoms with Crippen LogP contribution >= 0.6 is 15.9 Å². The Morgan fingerprint density at radius 2 is 2.10 bits per heavy atom. The third kappa shape index (κ3) is 2.33. The van der Waals surface area contributed by atoms with E-state index in [2.05, 4.69) is 20.9 Å². The number of Topliss-reactive ketones (excluding diaryl/α,β-unsaturated/α-hetero) is 1. The molecule has 0 saturated carbocycles. The number of aromatic nitrogens is 2. The number of ketones is 1. The van der Waals surface area contributed by atoms with Crippen LogP contribution in [0.3, 0.4) is 0 Å². The first kappa shape index (κ1) is 14.0. The molecule has 0 saturated heterocycles. The first-order chi connectivity index (χ1) is 9.45. The molecule has 0 atom stereocenters. The summed E-state index contributed by atoms with van der Waals surface area (Å²) in [6.07, 6.45) is 1.08. The van der Waals surface area contributed by atoms with Crippen LogP contribution in [0, 0.1) is 11.3 Å². The summed E-state index contributed by atoms with van der Waals surface area (Å²) < 4.78 is 1.38. The van der Waals surface area contributed by atoms with E-state index in [0.29, 0.717) is 4.47 Å². The third-order valence-corrected chi connectivity index (χ3v) is 3.17. The summed E-state index contributed by atoms with van der Waals surface area (Å²) in [4.78, 5) is 37.8. The molecule has 100 valence electrons. The maximum Gasteiger partial charge on any atom is 0.333 e. The van der Waals surface area contributed by atoms with Crippen molar-refractivity contribution in [3.05, 3.63) is 60.8 Å². The zero-order chi connectivity index (χ0) is 14.9. The molecule has 0 fully saturated rings. The van der Waals surface area contributed by atoms with Crippen LogP contribution in [-0.2, 0) is 0 Å². The van der Waals surface area contributed by atoms with Crippen molar-refractivity contribution < 1.29 is 4.79 Å². The normalized spacial score (nSPS) is 10.1. The summed E-state index contributed by atoms with van der Waals surface area (Å²) in [5.74, 6) is -0.464. The second kappa shape index (κ2) is 5.27. The molecule has 7 heteroatoms. The molecule has 20 heavy (non-hydrogen) atoms. The number of carbonyl (C=O) groups excluding carboxylic acids is 1. The number of rotatable bonds is 2. The van der Waals surface area contributed by atoms with E-state index in [4.69, 9.17) is 5.26 Å². The zero-order valence-electron chi connectivity index (χ0n) is 10.3. The molecule has 2 aromatic rings. The van der Waals surface area contributed by atoms with Gasteiger partial charge < -0.3 is 4.98 Å². The lowest BCUT2D eigenvalue weighted by atomic mass is 10.2. The number of aromatic amines is 1. The van der Waals surface area contributed by atoms with Gasteiger partial charge >= 0.3 is 5.69 Å². The van der Waals surface area contributed by atoms with E-state index in [-0.39, 0.29) is 16.8 Å². The van der Waals surface area contributed by atoms with E-state index in [0.717, 1.165) is 10.8 Å². The third-order valence-electron chi connectivity index (χ3n) is 2.68. The summed E-state index contributed by atoms with van der Waals surface area (Å²) in [5.41, 5.74) is -1.34. The number of hydrogen-bond donors (Lipinski definition) is 1. The van der Waals surface area contributed by atoms with E-state index >= 15 is 0 Å². The van der Waals surface area contributed by atoms with Gasteiger partial charge in [-0.15, -0.1) is 0 Å². The summed E-state index contributed by atoms with van der Waals surface area (Å²) in [6, 6.07) is 6.48. The van der Waals surface area contributed by atoms with Crippen LogP contribution in [0.4, 0.5) is 0 Å². The lowest BCUT2D eigenvalue weighted by Crippen LogP contribution is -2.36. The molecule has 0 bridgehead atoms. The molecule has 1 aromatic heterocycles. The van der Waals surface area contributed by atoms with Crippen LogP contribution in [0.2, 0.25) is 0 Å². The van der Waals surface area contributed by atoms with Gasteiger partial charge in [-0.3, -0.25) is 9.59 Å². The van der Waals surface area contributed by atoms with Gasteiger partial charge in [0, 0.05) is 10.7 Å². The number of H-pyrrole nitrogens is 1. The SMILES string of the molecule is CC(=O)c1c[nH]c(=O)n(-c2cc(Br)ccc2C#N)c1=O. The van der Waals surface area contributed by atoms with Gasteiger partial charge in [0.25, 0.3) is 5.56 Å². The van der Waals surface area contributed by atoms with E-state index in [9.17, 15) is 14.4 Å². The Labute approximate surface area is 121 Å². The topological polar surface area (TPSA) is 95.7 Å². The van der Waals surface area contributed by atoms with Crippen LogP contribution in [0.25, 0.3) is 5.69 Å². The maximum atomic E-state index is 12.2. The van der Waals surface area contributed by atoms with Crippen molar-refractivity contribution in [2.75, 3.05) is 0 Å². The average Bonchev–Trinajstić information content (AvgIpc) is 2.38. The Morgan fingerprint density at radius 3 is 2.70 bits per heavy atom. The van der Waals surface area contributed by atoms with Crippen molar-refractivity contribution in [3.63, 3.8) is 0 Å². The first-order valence-electron chi connectivity index (χ1n) is 5.51. The Balaban J connectivity index is 2.91. The lowest BCUT2D eigenvalue weighted by molar-refractivity contribution is 0.101. The Bertz CT molecular complexity index is 858. The Kier molecular flexibility index (Phi) is 3.68. The number of hydrogen-bond acceptors (Lipinski definition) is 4. The fraction of sp³-hybridized carbons (Fsp3) is 0.0769. The second-order valence-electron chi connectivity index (χ2n) is 3.98. The molecule has 0 unspecified atom stereocenters. The number of benzene rings is 1. The molecule has 1 N–H and O–H groups in total. The number of nitrogens with zero attached hydrogens (tertiary/aromatic N) is 2. The highest BCUT2D eigenvalue weighted by Gasteiger charge is 2.15. The van der Waals surface area contributed by atoms with Crippen LogP contribution in [0.1, 0.15) is 22.8 Å². The molecule has 0 amide bonds. The second-order valence-corrected chi connectivity index (χ2v) is 4.89. The molecule has 2 rings (SSSR count).